The molecule has 5 heteroatoms. The summed E-state index contributed by atoms with van der Waals surface area (Å²) in [5, 5.41) is 16.9. The highest BCUT2D eigenvalue weighted by atomic mass is 32.2. The lowest BCUT2D eigenvalue weighted by Crippen LogP contribution is -1.99. The van der Waals surface area contributed by atoms with Crippen LogP contribution >= 0.6 is 23.5 Å². The van der Waals surface area contributed by atoms with Gasteiger partial charge in [-0.15, -0.1) is 23.5 Å². The van der Waals surface area contributed by atoms with Gasteiger partial charge in [0.1, 0.15) is 6.07 Å². The predicted molar refractivity (Wildman–Crippen MR) is 47.3 cm³/mol. The van der Waals surface area contributed by atoms with E-state index < -0.39 is 5.97 Å². The van der Waals surface area contributed by atoms with Gasteiger partial charge in [-0.25, -0.2) is 4.79 Å². The van der Waals surface area contributed by atoms with Crippen LogP contribution in [0.5, 0.6) is 0 Å². The van der Waals surface area contributed by atoms with Crippen molar-refractivity contribution >= 4 is 29.5 Å². The molecule has 0 rings (SSSR count). The molecule has 0 aliphatic carbocycles. The molecule has 0 atom stereocenters. The summed E-state index contributed by atoms with van der Waals surface area (Å²) >= 11 is 2.54. The Balaban J connectivity index is 4.82. The van der Waals surface area contributed by atoms with Crippen LogP contribution in [0.4, 0.5) is 0 Å². The van der Waals surface area contributed by atoms with Crippen molar-refractivity contribution < 1.29 is 9.90 Å². The predicted octanol–water partition coefficient (Wildman–Crippen LogP) is 1.53. The fraction of sp³-hybridized carbons (Fsp3) is 0.333. The highest BCUT2D eigenvalue weighted by Crippen LogP contribution is 2.26. The van der Waals surface area contributed by atoms with E-state index in [1.54, 1.807) is 18.6 Å². The molecule has 0 heterocycles. The first kappa shape index (κ1) is 10.4. The second-order valence-corrected chi connectivity index (χ2v) is 3.38. The minimum atomic E-state index is -1.16. The first-order valence-electron chi connectivity index (χ1n) is 2.63. The van der Waals surface area contributed by atoms with Crippen LogP contribution in [-0.4, -0.2) is 23.6 Å². The average Bonchev–Trinajstić information content (AvgIpc) is 1.99. The Hall–Kier alpha value is -0.600. The van der Waals surface area contributed by atoms with Crippen molar-refractivity contribution in [1.82, 2.24) is 0 Å². The summed E-state index contributed by atoms with van der Waals surface area (Å²) < 4.78 is 0.542. The molecule has 0 aliphatic heterocycles. The topological polar surface area (TPSA) is 61.1 Å². The summed E-state index contributed by atoms with van der Waals surface area (Å²) in [5.74, 6) is -1.16. The molecule has 0 unspecified atom stereocenters. The lowest BCUT2D eigenvalue weighted by atomic mass is 10.3. The lowest BCUT2D eigenvalue weighted by molar-refractivity contribution is -0.132. The Kier molecular flexibility index (Phi) is 4.83. The van der Waals surface area contributed by atoms with Gasteiger partial charge in [0.25, 0.3) is 0 Å². The van der Waals surface area contributed by atoms with E-state index in [4.69, 9.17) is 10.4 Å². The van der Waals surface area contributed by atoms with Crippen molar-refractivity contribution in [2.24, 2.45) is 0 Å². The highest BCUT2D eigenvalue weighted by Gasteiger charge is 2.11. The van der Waals surface area contributed by atoms with Crippen LogP contribution < -0.4 is 0 Å². The van der Waals surface area contributed by atoms with E-state index in [0.717, 1.165) is 0 Å². The molecule has 60 valence electrons. The number of thioether (sulfide) groups is 2. The SMILES string of the molecule is CSC(SC)=C(C#N)C(=O)O. The largest absolute Gasteiger partial charge is 0.477 e. The molecule has 0 fully saturated rings. The normalized spacial score (nSPS) is 8.45. The van der Waals surface area contributed by atoms with Crippen LogP contribution in [0.15, 0.2) is 9.81 Å². The first-order chi connectivity index (χ1) is 5.17. The van der Waals surface area contributed by atoms with Gasteiger partial charge in [0.05, 0.1) is 4.24 Å². The minimum absolute atomic E-state index is 0.176. The maximum atomic E-state index is 10.4. The van der Waals surface area contributed by atoms with E-state index in [9.17, 15) is 4.79 Å². The monoisotopic (exact) mass is 189 g/mol. The highest BCUT2D eigenvalue weighted by molar-refractivity contribution is 8.21. The van der Waals surface area contributed by atoms with Gasteiger partial charge >= 0.3 is 5.97 Å². The number of rotatable bonds is 3. The summed E-state index contributed by atoms with van der Waals surface area (Å²) in [4.78, 5) is 10.4. The van der Waals surface area contributed by atoms with E-state index in [2.05, 4.69) is 0 Å². The Bertz CT molecular complexity index is 223. The summed E-state index contributed by atoms with van der Waals surface area (Å²) in [6.07, 6.45) is 3.48. The first-order valence-corrected chi connectivity index (χ1v) is 5.08. The second-order valence-electron chi connectivity index (χ2n) is 1.49. The number of carbonyl (C=O) groups is 1. The lowest BCUT2D eigenvalue weighted by Gasteiger charge is -1.98. The Morgan fingerprint density at radius 1 is 1.45 bits per heavy atom. The second kappa shape index (κ2) is 5.10. The van der Waals surface area contributed by atoms with Crippen molar-refractivity contribution in [3.8, 4) is 6.07 Å². The third-order valence-corrected chi connectivity index (χ3v) is 3.05. The molecule has 0 saturated carbocycles. The van der Waals surface area contributed by atoms with Gasteiger partial charge < -0.3 is 5.11 Å². The molecule has 3 nitrogen and oxygen atoms in total. The smallest absolute Gasteiger partial charge is 0.348 e. The van der Waals surface area contributed by atoms with Gasteiger partial charge in [0.2, 0.25) is 0 Å². The van der Waals surface area contributed by atoms with Crippen LogP contribution in [0.3, 0.4) is 0 Å². The van der Waals surface area contributed by atoms with Crippen molar-refractivity contribution in [2.75, 3.05) is 12.5 Å². The Morgan fingerprint density at radius 2 is 1.91 bits per heavy atom. The maximum Gasteiger partial charge on any atom is 0.348 e. The van der Waals surface area contributed by atoms with E-state index in [-0.39, 0.29) is 5.57 Å². The molecule has 11 heavy (non-hydrogen) atoms. The third-order valence-electron chi connectivity index (χ3n) is 0.901. The van der Waals surface area contributed by atoms with Crippen LogP contribution in [0.1, 0.15) is 0 Å². The third kappa shape index (κ3) is 2.87. The number of carboxylic acids is 1. The van der Waals surface area contributed by atoms with Crippen molar-refractivity contribution in [1.29, 1.82) is 5.26 Å². The molecule has 0 aromatic rings. The van der Waals surface area contributed by atoms with Crippen molar-refractivity contribution in [3.63, 3.8) is 0 Å². The molecule has 0 aliphatic rings. The maximum absolute atomic E-state index is 10.4. The number of hydrogen-bond donors (Lipinski definition) is 1. The van der Waals surface area contributed by atoms with Crippen LogP contribution in [0, 0.1) is 11.3 Å². The number of aliphatic carboxylic acids is 1. The molecule has 0 aromatic heterocycles. The summed E-state index contributed by atoms with van der Waals surface area (Å²) in [7, 11) is 0. The number of carboxylic acid groups (broad SMARTS) is 1. The number of hydrogen-bond acceptors (Lipinski definition) is 4. The van der Waals surface area contributed by atoms with Crippen molar-refractivity contribution in [3.05, 3.63) is 9.81 Å². The number of nitriles is 1. The van der Waals surface area contributed by atoms with Crippen LogP contribution in [0.25, 0.3) is 0 Å². The average molecular weight is 189 g/mol. The molecule has 0 aromatic carbocycles. The summed E-state index contributed by atoms with van der Waals surface area (Å²) in [6, 6.07) is 1.64. The van der Waals surface area contributed by atoms with Gasteiger partial charge in [-0.3, -0.25) is 0 Å². The van der Waals surface area contributed by atoms with Crippen LogP contribution in [0.2, 0.25) is 0 Å². The molecule has 0 saturated heterocycles. The molecule has 0 bridgehead atoms. The summed E-state index contributed by atoms with van der Waals surface area (Å²) in [5.41, 5.74) is -0.176. The quantitative estimate of drug-likeness (QED) is 0.539. The van der Waals surface area contributed by atoms with E-state index >= 15 is 0 Å². The fourth-order valence-corrected chi connectivity index (χ4v) is 1.81. The zero-order valence-corrected chi connectivity index (χ0v) is 7.75. The Morgan fingerprint density at radius 3 is 2.00 bits per heavy atom. The van der Waals surface area contributed by atoms with E-state index in [1.807, 2.05) is 0 Å². The van der Waals surface area contributed by atoms with Gasteiger partial charge in [0.15, 0.2) is 5.57 Å². The standard InChI is InChI=1S/C6H7NO2S2/c1-10-6(11-2)4(3-7)5(8)9/h1-2H3,(H,8,9). The van der Waals surface area contributed by atoms with E-state index in [1.165, 1.54) is 23.5 Å². The van der Waals surface area contributed by atoms with Gasteiger partial charge in [-0.05, 0) is 12.5 Å². The zero-order valence-electron chi connectivity index (χ0n) is 6.12. The number of nitrogens with zero attached hydrogens (tertiary/aromatic N) is 1. The van der Waals surface area contributed by atoms with E-state index in [0.29, 0.717) is 4.24 Å². The zero-order chi connectivity index (χ0) is 8.85. The van der Waals surface area contributed by atoms with Gasteiger partial charge in [0, 0.05) is 0 Å². The Labute approximate surface area is 73.5 Å². The molecule has 1 N–H and O–H groups in total. The molecular weight excluding hydrogens is 182 g/mol. The fourth-order valence-electron chi connectivity index (χ4n) is 0.468. The molecule has 0 spiro atoms. The van der Waals surface area contributed by atoms with Crippen molar-refractivity contribution in [2.45, 2.75) is 0 Å². The van der Waals surface area contributed by atoms with Gasteiger partial charge in [-0.1, -0.05) is 0 Å². The molecule has 0 amide bonds. The van der Waals surface area contributed by atoms with Gasteiger partial charge in [-0.2, -0.15) is 5.26 Å². The van der Waals surface area contributed by atoms with Crippen LogP contribution in [-0.2, 0) is 4.79 Å². The minimum Gasteiger partial charge on any atom is -0.477 e. The molecular formula is C6H7NO2S2. The summed E-state index contributed by atoms with van der Waals surface area (Å²) in [6.45, 7) is 0. The molecule has 0 radical (unpaired) electrons.